The summed E-state index contributed by atoms with van der Waals surface area (Å²) in [7, 11) is 0. The molecule has 0 fully saturated rings. The first-order chi connectivity index (χ1) is 8.16. The van der Waals surface area contributed by atoms with E-state index in [1.54, 1.807) is 11.3 Å². The van der Waals surface area contributed by atoms with Crippen molar-refractivity contribution in [1.82, 2.24) is 5.32 Å². The molecule has 2 aromatic rings. The van der Waals surface area contributed by atoms with Gasteiger partial charge in [0.15, 0.2) is 0 Å². The number of amides is 1. The van der Waals surface area contributed by atoms with Crippen molar-refractivity contribution in [3.05, 3.63) is 52.0 Å². The Balaban J connectivity index is 2.07. The minimum atomic E-state index is -0.472. The second-order valence-electron chi connectivity index (χ2n) is 3.49. The number of nitrogen functional groups attached to an aromatic ring is 1. The van der Waals surface area contributed by atoms with Crippen LogP contribution in [0.1, 0.15) is 15.2 Å². The molecule has 0 radical (unpaired) electrons. The van der Waals surface area contributed by atoms with Crippen LogP contribution in [0.5, 0.6) is 0 Å². The summed E-state index contributed by atoms with van der Waals surface area (Å²) in [5.41, 5.74) is 6.06. The van der Waals surface area contributed by atoms with Gasteiger partial charge in [0.1, 0.15) is 5.82 Å². The average molecular weight is 250 g/mol. The highest BCUT2D eigenvalue weighted by Gasteiger charge is 2.10. The maximum Gasteiger partial charge on any atom is 0.253 e. The van der Waals surface area contributed by atoms with Crippen molar-refractivity contribution < 1.29 is 9.18 Å². The Labute approximate surface area is 102 Å². The number of thiophene rings is 1. The molecule has 0 atom stereocenters. The fourth-order valence-electron chi connectivity index (χ4n) is 1.40. The number of nitrogens with one attached hydrogen (secondary N) is 1. The number of carbonyl (C=O) groups is 1. The molecule has 0 spiro atoms. The van der Waals surface area contributed by atoms with Gasteiger partial charge in [0.2, 0.25) is 0 Å². The summed E-state index contributed by atoms with van der Waals surface area (Å²) in [6.45, 7) is 0.423. The van der Waals surface area contributed by atoms with E-state index in [0.29, 0.717) is 6.54 Å². The predicted molar refractivity (Wildman–Crippen MR) is 66.3 cm³/mol. The number of benzene rings is 1. The second-order valence-corrected chi connectivity index (χ2v) is 4.53. The molecule has 0 bridgehead atoms. The summed E-state index contributed by atoms with van der Waals surface area (Å²) in [5, 5.41) is 4.62. The highest BCUT2D eigenvalue weighted by Crippen LogP contribution is 2.14. The van der Waals surface area contributed by atoms with E-state index in [2.05, 4.69) is 5.32 Å². The highest BCUT2D eigenvalue weighted by atomic mass is 32.1. The Hall–Kier alpha value is -1.88. The Morgan fingerprint density at radius 2 is 2.24 bits per heavy atom. The van der Waals surface area contributed by atoms with Crippen LogP contribution in [0.15, 0.2) is 35.7 Å². The average Bonchev–Trinajstić information content (AvgIpc) is 2.82. The first kappa shape index (κ1) is 11.6. The van der Waals surface area contributed by atoms with Gasteiger partial charge < -0.3 is 11.1 Å². The van der Waals surface area contributed by atoms with Crippen LogP contribution in [-0.4, -0.2) is 5.91 Å². The second kappa shape index (κ2) is 4.97. The SMILES string of the molecule is Nc1ccc(F)cc1C(=O)NCc1cccs1. The van der Waals surface area contributed by atoms with E-state index in [1.807, 2.05) is 17.5 Å². The summed E-state index contributed by atoms with van der Waals surface area (Å²) in [5.74, 6) is -0.837. The van der Waals surface area contributed by atoms with Gasteiger partial charge in [0.25, 0.3) is 5.91 Å². The lowest BCUT2D eigenvalue weighted by Crippen LogP contribution is -2.23. The van der Waals surface area contributed by atoms with Crippen LogP contribution >= 0.6 is 11.3 Å². The summed E-state index contributed by atoms with van der Waals surface area (Å²) >= 11 is 1.55. The smallest absolute Gasteiger partial charge is 0.253 e. The summed E-state index contributed by atoms with van der Waals surface area (Å²) in [4.78, 5) is 12.8. The zero-order valence-corrected chi connectivity index (χ0v) is 9.76. The van der Waals surface area contributed by atoms with Crippen molar-refractivity contribution >= 4 is 22.9 Å². The van der Waals surface area contributed by atoms with Gasteiger partial charge in [-0.05, 0) is 29.6 Å². The van der Waals surface area contributed by atoms with E-state index in [0.717, 1.165) is 10.9 Å². The Morgan fingerprint density at radius 1 is 1.41 bits per heavy atom. The molecule has 5 heteroatoms. The Bertz CT molecular complexity index is 525. The van der Waals surface area contributed by atoms with E-state index in [9.17, 15) is 9.18 Å². The van der Waals surface area contributed by atoms with Gasteiger partial charge in [-0.15, -0.1) is 11.3 Å². The van der Waals surface area contributed by atoms with Crippen molar-refractivity contribution in [2.24, 2.45) is 0 Å². The van der Waals surface area contributed by atoms with Crippen LogP contribution in [0, 0.1) is 5.82 Å². The van der Waals surface area contributed by atoms with Gasteiger partial charge in [-0.2, -0.15) is 0 Å². The van der Waals surface area contributed by atoms with E-state index < -0.39 is 5.82 Å². The maximum absolute atomic E-state index is 13.0. The molecule has 0 aliphatic carbocycles. The van der Waals surface area contributed by atoms with Crippen molar-refractivity contribution in [3.63, 3.8) is 0 Å². The van der Waals surface area contributed by atoms with Gasteiger partial charge >= 0.3 is 0 Å². The van der Waals surface area contributed by atoms with Crippen LogP contribution in [0.2, 0.25) is 0 Å². The Morgan fingerprint density at radius 3 is 2.94 bits per heavy atom. The van der Waals surface area contributed by atoms with E-state index in [-0.39, 0.29) is 17.2 Å². The van der Waals surface area contributed by atoms with Crippen LogP contribution in [0.3, 0.4) is 0 Å². The molecule has 2 rings (SSSR count). The molecule has 3 nitrogen and oxygen atoms in total. The first-order valence-corrected chi connectivity index (χ1v) is 5.90. The molecule has 1 heterocycles. The topological polar surface area (TPSA) is 55.1 Å². The molecule has 0 aliphatic rings. The molecule has 0 saturated heterocycles. The van der Waals surface area contributed by atoms with Crippen molar-refractivity contribution in [2.75, 3.05) is 5.73 Å². The fourth-order valence-corrected chi connectivity index (χ4v) is 2.05. The van der Waals surface area contributed by atoms with Crippen molar-refractivity contribution in [2.45, 2.75) is 6.54 Å². The van der Waals surface area contributed by atoms with Gasteiger partial charge in [0.05, 0.1) is 12.1 Å². The molecular weight excluding hydrogens is 239 g/mol. The largest absolute Gasteiger partial charge is 0.398 e. The summed E-state index contributed by atoms with van der Waals surface area (Å²) < 4.78 is 13.0. The fraction of sp³-hybridized carbons (Fsp3) is 0.0833. The van der Waals surface area contributed by atoms with Crippen LogP contribution in [-0.2, 0) is 6.54 Å². The lowest BCUT2D eigenvalue weighted by molar-refractivity contribution is 0.0952. The predicted octanol–water partition coefficient (Wildman–Crippen LogP) is 2.40. The third-order valence-electron chi connectivity index (χ3n) is 2.26. The third kappa shape index (κ3) is 2.82. The van der Waals surface area contributed by atoms with E-state index in [1.165, 1.54) is 12.1 Å². The van der Waals surface area contributed by atoms with Crippen molar-refractivity contribution in [1.29, 1.82) is 0 Å². The number of hydrogen-bond donors (Lipinski definition) is 2. The minimum absolute atomic E-state index is 0.168. The normalized spacial score (nSPS) is 10.2. The quantitative estimate of drug-likeness (QED) is 0.822. The van der Waals surface area contributed by atoms with Crippen LogP contribution in [0.25, 0.3) is 0 Å². The lowest BCUT2D eigenvalue weighted by Gasteiger charge is -2.06. The maximum atomic E-state index is 13.0. The first-order valence-electron chi connectivity index (χ1n) is 5.02. The van der Waals surface area contributed by atoms with Gasteiger partial charge in [-0.3, -0.25) is 4.79 Å². The molecule has 17 heavy (non-hydrogen) atoms. The third-order valence-corrected chi connectivity index (χ3v) is 3.14. The zero-order chi connectivity index (χ0) is 12.3. The van der Waals surface area contributed by atoms with Crippen LogP contribution in [0.4, 0.5) is 10.1 Å². The lowest BCUT2D eigenvalue weighted by atomic mass is 10.1. The summed E-state index contributed by atoms with van der Waals surface area (Å²) in [6.07, 6.45) is 0. The monoisotopic (exact) mass is 250 g/mol. The number of hydrogen-bond acceptors (Lipinski definition) is 3. The summed E-state index contributed by atoms with van der Waals surface area (Å²) in [6, 6.07) is 7.57. The number of carbonyl (C=O) groups excluding carboxylic acids is 1. The van der Waals surface area contributed by atoms with Gasteiger partial charge in [-0.25, -0.2) is 4.39 Å². The van der Waals surface area contributed by atoms with Gasteiger partial charge in [0, 0.05) is 10.6 Å². The number of nitrogens with two attached hydrogens (primary N) is 1. The molecule has 1 aromatic heterocycles. The van der Waals surface area contributed by atoms with Crippen molar-refractivity contribution in [3.8, 4) is 0 Å². The molecule has 1 amide bonds. The number of anilines is 1. The number of rotatable bonds is 3. The molecule has 0 saturated carbocycles. The zero-order valence-electron chi connectivity index (χ0n) is 8.94. The molecule has 1 aromatic carbocycles. The molecular formula is C12H11FN2OS. The van der Waals surface area contributed by atoms with Gasteiger partial charge in [-0.1, -0.05) is 6.07 Å². The number of halogens is 1. The molecule has 3 N–H and O–H groups in total. The standard InChI is InChI=1S/C12H11FN2OS/c13-8-3-4-11(14)10(6-8)12(16)15-7-9-2-1-5-17-9/h1-6H,7,14H2,(H,15,16). The molecule has 0 aliphatic heterocycles. The van der Waals surface area contributed by atoms with Crippen LogP contribution < -0.4 is 11.1 Å². The highest BCUT2D eigenvalue weighted by molar-refractivity contribution is 7.09. The van der Waals surface area contributed by atoms with E-state index >= 15 is 0 Å². The molecule has 0 unspecified atom stereocenters. The molecule has 88 valence electrons. The minimum Gasteiger partial charge on any atom is -0.398 e. The Kier molecular flexibility index (Phi) is 3.39. The van der Waals surface area contributed by atoms with E-state index in [4.69, 9.17) is 5.73 Å².